The van der Waals surface area contributed by atoms with E-state index in [2.05, 4.69) is 17.9 Å². The van der Waals surface area contributed by atoms with Crippen molar-refractivity contribution in [1.29, 1.82) is 0 Å². The number of benzene rings is 1. The smallest absolute Gasteiger partial charge is 0.163 e. The molecule has 0 aromatic heterocycles. The van der Waals surface area contributed by atoms with E-state index in [9.17, 15) is 4.79 Å². The molecular weight excluding hydrogens is 274 g/mol. The molecule has 0 N–H and O–H groups in total. The molecule has 3 nitrogen and oxygen atoms in total. The molecule has 0 atom stereocenters. The Morgan fingerprint density at radius 1 is 1.23 bits per heavy atom. The minimum absolute atomic E-state index is 0.261. The Hall–Kier alpha value is -1.79. The lowest BCUT2D eigenvalue weighted by Gasteiger charge is -2.12. The summed E-state index contributed by atoms with van der Waals surface area (Å²) in [6.07, 6.45) is 11.4. The van der Waals surface area contributed by atoms with Crippen LogP contribution >= 0.6 is 0 Å². The van der Waals surface area contributed by atoms with Crippen molar-refractivity contribution in [1.82, 2.24) is 4.90 Å². The molecule has 0 radical (unpaired) electrons. The van der Waals surface area contributed by atoms with Crippen LogP contribution in [-0.2, 0) is 6.42 Å². The van der Waals surface area contributed by atoms with Crippen LogP contribution in [0.5, 0.6) is 5.75 Å². The van der Waals surface area contributed by atoms with Crippen LogP contribution in [-0.4, -0.2) is 37.4 Å². The minimum Gasteiger partial charge on any atom is -0.494 e. The number of nitrogens with zero attached hydrogens (tertiary/aromatic N) is 1. The van der Waals surface area contributed by atoms with Crippen molar-refractivity contribution >= 4 is 5.78 Å². The number of aryl methyl sites for hydroxylation is 1. The van der Waals surface area contributed by atoms with Crippen molar-refractivity contribution in [3.63, 3.8) is 0 Å². The van der Waals surface area contributed by atoms with Crippen molar-refractivity contribution in [3.05, 3.63) is 29.3 Å². The van der Waals surface area contributed by atoms with Crippen molar-refractivity contribution in [3.8, 4) is 18.1 Å². The summed E-state index contributed by atoms with van der Waals surface area (Å²) in [4.78, 5) is 13.7. The van der Waals surface area contributed by atoms with Crippen molar-refractivity contribution in [2.45, 2.75) is 38.5 Å². The number of hydrogen-bond acceptors (Lipinski definition) is 3. The maximum atomic E-state index is 11.6. The summed E-state index contributed by atoms with van der Waals surface area (Å²) < 4.78 is 5.78. The van der Waals surface area contributed by atoms with Gasteiger partial charge >= 0.3 is 0 Å². The second-order valence-corrected chi connectivity index (χ2v) is 5.95. The molecule has 118 valence electrons. The van der Waals surface area contributed by atoms with Crippen molar-refractivity contribution in [2.75, 3.05) is 26.7 Å². The van der Waals surface area contributed by atoms with Gasteiger partial charge in [-0.15, -0.1) is 6.42 Å². The molecule has 0 amide bonds. The quantitative estimate of drug-likeness (QED) is 0.517. The molecular formula is C19H25NO2. The minimum atomic E-state index is 0.261. The van der Waals surface area contributed by atoms with Gasteiger partial charge in [0.15, 0.2) is 5.78 Å². The first-order valence-corrected chi connectivity index (χ1v) is 8.11. The van der Waals surface area contributed by atoms with Crippen LogP contribution in [0.3, 0.4) is 0 Å². The summed E-state index contributed by atoms with van der Waals surface area (Å²) in [5.41, 5.74) is 2.02. The highest BCUT2D eigenvalue weighted by atomic mass is 16.5. The molecule has 0 aliphatic heterocycles. The fourth-order valence-corrected chi connectivity index (χ4v) is 2.78. The maximum Gasteiger partial charge on any atom is 0.163 e. The van der Waals surface area contributed by atoms with Gasteiger partial charge in [0.05, 0.1) is 13.2 Å². The zero-order valence-electron chi connectivity index (χ0n) is 13.4. The molecule has 0 heterocycles. The average Bonchev–Trinajstić information content (AvgIpc) is 2.87. The summed E-state index contributed by atoms with van der Waals surface area (Å²) >= 11 is 0. The zero-order chi connectivity index (χ0) is 15.8. The molecule has 1 aliphatic rings. The van der Waals surface area contributed by atoms with Crippen LogP contribution in [0, 0.1) is 12.3 Å². The summed E-state index contributed by atoms with van der Waals surface area (Å²) in [5.74, 6) is 3.80. The predicted octanol–water partition coefficient (Wildman–Crippen LogP) is 3.32. The average molecular weight is 299 g/mol. The highest BCUT2D eigenvalue weighted by Gasteiger charge is 2.19. The number of rotatable bonds is 9. The number of hydrogen-bond donors (Lipinski definition) is 0. The van der Waals surface area contributed by atoms with Gasteiger partial charge in [0.1, 0.15) is 5.75 Å². The fourth-order valence-electron chi connectivity index (χ4n) is 2.78. The Morgan fingerprint density at radius 3 is 2.86 bits per heavy atom. The second-order valence-electron chi connectivity index (χ2n) is 5.95. The van der Waals surface area contributed by atoms with Crippen molar-refractivity contribution in [2.24, 2.45) is 0 Å². The lowest BCUT2D eigenvalue weighted by Crippen LogP contribution is -2.19. The van der Waals surface area contributed by atoms with E-state index in [1.807, 2.05) is 18.2 Å². The Balaban J connectivity index is 1.58. The van der Waals surface area contributed by atoms with E-state index in [-0.39, 0.29) is 5.78 Å². The lowest BCUT2D eigenvalue weighted by molar-refractivity contribution is 0.0994. The highest BCUT2D eigenvalue weighted by molar-refractivity contribution is 6.00. The molecule has 1 aromatic carbocycles. The first kappa shape index (κ1) is 16.6. The van der Waals surface area contributed by atoms with Crippen LogP contribution in [0.2, 0.25) is 0 Å². The number of ketones is 1. The van der Waals surface area contributed by atoms with Gasteiger partial charge < -0.3 is 4.74 Å². The molecule has 0 unspecified atom stereocenters. The van der Waals surface area contributed by atoms with Crippen LogP contribution in [0.1, 0.15) is 48.0 Å². The molecule has 22 heavy (non-hydrogen) atoms. The first-order valence-electron chi connectivity index (χ1n) is 8.11. The monoisotopic (exact) mass is 299 g/mol. The topological polar surface area (TPSA) is 29.5 Å². The van der Waals surface area contributed by atoms with Crippen LogP contribution in [0.4, 0.5) is 0 Å². The molecule has 0 spiro atoms. The normalized spacial score (nSPS) is 13.2. The fraction of sp³-hybridized carbons (Fsp3) is 0.526. The molecule has 0 bridgehead atoms. The van der Waals surface area contributed by atoms with Crippen molar-refractivity contribution < 1.29 is 9.53 Å². The molecule has 1 aliphatic carbocycles. The van der Waals surface area contributed by atoms with E-state index >= 15 is 0 Å². The summed E-state index contributed by atoms with van der Waals surface area (Å²) in [6, 6.07) is 5.84. The first-order chi connectivity index (χ1) is 10.7. The number of terminal acetylenes is 1. The number of carbonyl (C=O) groups is 1. The standard InChI is InChI=1S/C19H25NO2/c1-3-12-20(2)13-6-4-5-7-14-22-17-9-10-18-16(15-17)8-11-19(18)21/h1,9-10,15H,4-8,11-14H2,2H3. The molecule has 2 rings (SSSR count). The Bertz CT molecular complexity index is 545. The SMILES string of the molecule is C#CCN(C)CCCCCCOc1ccc2c(c1)CCC2=O. The molecule has 1 aromatic rings. The zero-order valence-corrected chi connectivity index (χ0v) is 13.4. The van der Waals surface area contributed by atoms with Gasteiger partial charge in [-0.2, -0.15) is 0 Å². The molecule has 0 fully saturated rings. The maximum absolute atomic E-state index is 11.6. The summed E-state index contributed by atoms with van der Waals surface area (Å²) in [5, 5.41) is 0. The van der Waals surface area contributed by atoms with E-state index in [4.69, 9.17) is 11.2 Å². The number of carbonyl (C=O) groups excluding carboxylic acids is 1. The molecule has 3 heteroatoms. The number of fused-ring (bicyclic) bond motifs is 1. The summed E-state index contributed by atoms with van der Waals surface area (Å²) in [6.45, 7) is 2.53. The highest BCUT2D eigenvalue weighted by Crippen LogP contribution is 2.26. The van der Waals surface area contributed by atoms with Gasteiger partial charge in [0.2, 0.25) is 0 Å². The number of ether oxygens (including phenoxy) is 1. The van der Waals surface area contributed by atoms with E-state index in [0.29, 0.717) is 6.42 Å². The van der Waals surface area contributed by atoms with Crippen LogP contribution in [0.25, 0.3) is 0 Å². The third kappa shape index (κ3) is 4.89. The van der Waals surface area contributed by atoms with Gasteiger partial charge in [0, 0.05) is 12.0 Å². The van der Waals surface area contributed by atoms with Gasteiger partial charge in [-0.3, -0.25) is 9.69 Å². The van der Waals surface area contributed by atoms with E-state index < -0.39 is 0 Å². The van der Waals surface area contributed by atoms with E-state index in [0.717, 1.165) is 49.4 Å². The van der Waals surface area contributed by atoms with Gasteiger partial charge in [-0.25, -0.2) is 0 Å². The van der Waals surface area contributed by atoms with Gasteiger partial charge in [0.25, 0.3) is 0 Å². The third-order valence-corrected chi connectivity index (χ3v) is 4.06. The largest absolute Gasteiger partial charge is 0.494 e. The summed E-state index contributed by atoms with van der Waals surface area (Å²) in [7, 11) is 2.06. The Kier molecular flexibility index (Phi) is 6.48. The third-order valence-electron chi connectivity index (χ3n) is 4.06. The Morgan fingerprint density at radius 2 is 2.05 bits per heavy atom. The number of unbranched alkanes of at least 4 members (excludes halogenated alkanes) is 3. The molecule has 0 saturated carbocycles. The second kappa shape index (κ2) is 8.60. The van der Waals surface area contributed by atoms with Crippen LogP contribution < -0.4 is 4.74 Å². The van der Waals surface area contributed by atoms with Gasteiger partial charge in [-0.05, 0) is 56.6 Å². The lowest BCUT2D eigenvalue weighted by atomic mass is 10.1. The molecule has 0 saturated heterocycles. The Labute approximate surface area is 133 Å². The number of Topliss-reactive ketones (excluding diaryl/α,β-unsaturated/α-hetero) is 1. The predicted molar refractivity (Wildman–Crippen MR) is 89.4 cm³/mol. The van der Waals surface area contributed by atoms with Crippen LogP contribution in [0.15, 0.2) is 18.2 Å². The van der Waals surface area contributed by atoms with E-state index in [1.165, 1.54) is 19.3 Å². The van der Waals surface area contributed by atoms with Gasteiger partial charge in [-0.1, -0.05) is 18.8 Å². The van der Waals surface area contributed by atoms with E-state index in [1.54, 1.807) is 0 Å².